The molecule has 2 heterocycles. The van der Waals surface area contributed by atoms with Crippen molar-refractivity contribution in [1.29, 1.82) is 0 Å². The lowest BCUT2D eigenvalue weighted by atomic mass is 9.95. The quantitative estimate of drug-likeness (QED) is 0.532. The average molecular weight is 444 g/mol. The molecule has 2 aliphatic heterocycles. The minimum Gasteiger partial charge on any atom is -0.378 e. The van der Waals surface area contributed by atoms with Gasteiger partial charge in [-0.2, -0.15) is 0 Å². The fraction of sp³-hybridized carbons (Fsp3) is 0.625. The van der Waals surface area contributed by atoms with E-state index in [-0.39, 0.29) is 17.7 Å². The lowest BCUT2D eigenvalue weighted by Gasteiger charge is -2.36. The highest BCUT2D eigenvalue weighted by Gasteiger charge is 2.30. The minimum atomic E-state index is 0.0122. The van der Waals surface area contributed by atoms with Gasteiger partial charge in [0.05, 0.1) is 13.2 Å². The predicted octanol–water partition coefficient (Wildman–Crippen LogP) is 1.47. The molecule has 176 valence electrons. The van der Waals surface area contributed by atoms with Gasteiger partial charge in [0.15, 0.2) is 5.96 Å². The average Bonchev–Trinajstić information content (AvgIpc) is 2.83. The fourth-order valence-electron chi connectivity index (χ4n) is 4.21. The van der Waals surface area contributed by atoms with Crippen molar-refractivity contribution < 1.29 is 14.3 Å². The Bertz CT molecular complexity index is 797. The van der Waals surface area contributed by atoms with E-state index in [0.717, 1.165) is 50.4 Å². The summed E-state index contributed by atoms with van der Waals surface area (Å²) in [4.78, 5) is 35.6. The van der Waals surface area contributed by atoms with E-state index >= 15 is 0 Å². The van der Waals surface area contributed by atoms with Crippen LogP contribution < -0.4 is 5.32 Å². The number of piperidine rings is 1. The molecule has 0 saturated carbocycles. The zero-order valence-electron chi connectivity index (χ0n) is 19.7. The summed E-state index contributed by atoms with van der Waals surface area (Å²) >= 11 is 0. The molecule has 1 aromatic rings. The van der Waals surface area contributed by atoms with Gasteiger partial charge in [-0.05, 0) is 43.9 Å². The summed E-state index contributed by atoms with van der Waals surface area (Å²) in [6.45, 7) is 7.91. The zero-order valence-corrected chi connectivity index (χ0v) is 19.7. The number of amides is 2. The summed E-state index contributed by atoms with van der Waals surface area (Å²) in [5.41, 5.74) is 1.81. The third-order valence-electron chi connectivity index (χ3n) is 6.04. The van der Waals surface area contributed by atoms with Gasteiger partial charge >= 0.3 is 0 Å². The number of carbonyl (C=O) groups excluding carboxylic acids is 2. The Morgan fingerprint density at radius 3 is 2.50 bits per heavy atom. The van der Waals surface area contributed by atoms with Gasteiger partial charge in [-0.15, -0.1) is 0 Å². The largest absolute Gasteiger partial charge is 0.378 e. The lowest BCUT2D eigenvalue weighted by molar-refractivity contribution is -0.140. The Morgan fingerprint density at radius 1 is 1.12 bits per heavy atom. The van der Waals surface area contributed by atoms with Crippen LogP contribution in [-0.2, 0) is 16.0 Å². The third-order valence-corrected chi connectivity index (χ3v) is 6.04. The second-order valence-corrected chi connectivity index (χ2v) is 8.58. The Hall–Kier alpha value is -2.61. The highest BCUT2D eigenvalue weighted by molar-refractivity contribution is 5.94. The molecule has 32 heavy (non-hydrogen) atoms. The number of nitrogens with one attached hydrogen (secondary N) is 1. The van der Waals surface area contributed by atoms with Crippen LogP contribution in [0.15, 0.2) is 29.3 Å². The molecule has 8 nitrogen and oxygen atoms in total. The fourth-order valence-corrected chi connectivity index (χ4v) is 4.21. The number of benzene rings is 1. The van der Waals surface area contributed by atoms with Crippen LogP contribution in [0.2, 0.25) is 0 Å². The van der Waals surface area contributed by atoms with Gasteiger partial charge in [0.25, 0.3) is 5.91 Å². The maximum atomic E-state index is 12.8. The van der Waals surface area contributed by atoms with Gasteiger partial charge in [0.1, 0.15) is 0 Å². The van der Waals surface area contributed by atoms with Gasteiger partial charge in [-0.3, -0.25) is 14.6 Å². The first-order valence-corrected chi connectivity index (χ1v) is 11.7. The second kappa shape index (κ2) is 11.9. The summed E-state index contributed by atoms with van der Waals surface area (Å²) in [5, 5.41) is 3.39. The topological polar surface area (TPSA) is 77.5 Å². The van der Waals surface area contributed by atoms with E-state index in [9.17, 15) is 9.59 Å². The van der Waals surface area contributed by atoms with Gasteiger partial charge in [0, 0.05) is 64.8 Å². The van der Waals surface area contributed by atoms with Crippen LogP contribution >= 0.6 is 0 Å². The number of guanidine groups is 1. The maximum Gasteiger partial charge on any atom is 0.253 e. The molecule has 3 rings (SSSR count). The number of morpholine rings is 1. The van der Waals surface area contributed by atoms with Crippen molar-refractivity contribution in [3.63, 3.8) is 0 Å². The van der Waals surface area contributed by atoms with Gasteiger partial charge in [-0.25, -0.2) is 0 Å². The van der Waals surface area contributed by atoms with E-state index in [1.807, 2.05) is 29.2 Å². The van der Waals surface area contributed by atoms with Crippen molar-refractivity contribution >= 4 is 17.8 Å². The number of carbonyl (C=O) groups is 2. The molecule has 1 aromatic carbocycles. The number of aliphatic imine (C=N–C) groups is 1. The van der Waals surface area contributed by atoms with E-state index in [1.54, 1.807) is 19.0 Å². The molecule has 0 unspecified atom stereocenters. The first-order valence-electron chi connectivity index (χ1n) is 11.7. The summed E-state index contributed by atoms with van der Waals surface area (Å²) in [5.74, 6) is 1.30. The molecular formula is C24H37N5O3. The number of likely N-dealkylation sites (tertiary alicyclic amines) is 1. The summed E-state index contributed by atoms with van der Waals surface area (Å²) in [7, 11) is 3.53. The number of ether oxygens (including phenoxy) is 1. The van der Waals surface area contributed by atoms with Gasteiger partial charge < -0.3 is 24.8 Å². The van der Waals surface area contributed by atoms with Crippen molar-refractivity contribution in [1.82, 2.24) is 20.0 Å². The summed E-state index contributed by atoms with van der Waals surface area (Å²) < 4.78 is 5.37. The molecule has 0 aromatic heterocycles. The van der Waals surface area contributed by atoms with Crippen molar-refractivity contribution in [3.8, 4) is 0 Å². The standard InChI is InChI=1S/C24H37N5O3/c1-4-25-24(26-11-8-19-6-5-7-21(18-19)22(30)27(2)3)29-12-9-20(10-13-29)23(31)28-14-16-32-17-15-28/h5-7,18,20H,4,8-17H2,1-3H3,(H,25,26). The van der Waals surface area contributed by atoms with Crippen LogP contribution in [0.4, 0.5) is 0 Å². The van der Waals surface area contributed by atoms with Crippen LogP contribution in [0.3, 0.4) is 0 Å². The van der Waals surface area contributed by atoms with Crippen LogP contribution in [0.5, 0.6) is 0 Å². The molecule has 2 fully saturated rings. The Kier molecular flexibility index (Phi) is 8.90. The van der Waals surface area contributed by atoms with Crippen molar-refractivity contribution in [2.24, 2.45) is 10.9 Å². The van der Waals surface area contributed by atoms with Gasteiger partial charge in [-0.1, -0.05) is 12.1 Å². The first kappa shape index (κ1) is 24.0. The molecule has 0 bridgehead atoms. The smallest absolute Gasteiger partial charge is 0.253 e. The minimum absolute atomic E-state index is 0.0122. The van der Waals surface area contributed by atoms with Crippen LogP contribution in [0, 0.1) is 5.92 Å². The molecule has 2 saturated heterocycles. The lowest BCUT2D eigenvalue weighted by Crippen LogP contribution is -2.50. The number of rotatable bonds is 6. The summed E-state index contributed by atoms with van der Waals surface area (Å²) in [6, 6.07) is 7.77. The Balaban J connectivity index is 1.53. The number of nitrogens with zero attached hydrogens (tertiary/aromatic N) is 4. The molecule has 0 aliphatic carbocycles. The zero-order chi connectivity index (χ0) is 22.9. The van der Waals surface area contributed by atoms with Crippen molar-refractivity contribution in [2.75, 3.05) is 66.6 Å². The van der Waals surface area contributed by atoms with E-state index in [1.165, 1.54) is 0 Å². The molecule has 8 heteroatoms. The van der Waals surface area contributed by atoms with E-state index in [4.69, 9.17) is 9.73 Å². The second-order valence-electron chi connectivity index (χ2n) is 8.58. The Labute approximate surface area is 191 Å². The first-order chi connectivity index (χ1) is 15.5. The predicted molar refractivity (Wildman–Crippen MR) is 126 cm³/mol. The third kappa shape index (κ3) is 6.45. The van der Waals surface area contributed by atoms with Crippen LogP contribution in [0.1, 0.15) is 35.7 Å². The normalized spacial score (nSPS) is 17.9. The van der Waals surface area contributed by atoms with Gasteiger partial charge in [0.2, 0.25) is 5.91 Å². The molecular weight excluding hydrogens is 406 g/mol. The highest BCUT2D eigenvalue weighted by Crippen LogP contribution is 2.20. The molecule has 0 atom stereocenters. The van der Waals surface area contributed by atoms with E-state index in [0.29, 0.717) is 38.4 Å². The number of hydrogen-bond donors (Lipinski definition) is 1. The molecule has 2 aliphatic rings. The van der Waals surface area contributed by atoms with Crippen LogP contribution in [0.25, 0.3) is 0 Å². The molecule has 0 radical (unpaired) electrons. The molecule has 0 spiro atoms. The highest BCUT2D eigenvalue weighted by atomic mass is 16.5. The van der Waals surface area contributed by atoms with Crippen molar-refractivity contribution in [3.05, 3.63) is 35.4 Å². The molecule has 2 amide bonds. The molecule has 1 N–H and O–H groups in total. The van der Waals surface area contributed by atoms with E-state index < -0.39 is 0 Å². The maximum absolute atomic E-state index is 12.8. The Morgan fingerprint density at radius 2 is 1.84 bits per heavy atom. The number of hydrogen-bond acceptors (Lipinski definition) is 4. The van der Waals surface area contributed by atoms with E-state index in [2.05, 4.69) is 17.1 Å². The monoisotopic (exact) mass is 443 g/mol. The SMILES string of the molecule is CCNC(=NCCc1cccc(C(=O)N(C)C)c1)N1CCC(C(=O)N2CCOCC2)CC1. The van der Waals surface area contributed by atoms with Crippen molar-refractivity contribution in [2.45, 2.75) is 26.2 Å². The summed E-state index contributed by atoms with van der Waals surface area (Å²) in [6.07, 6.45) is 2.49. The van der Waals surface area contributed by atoms with Crippen LogP contribution in [-0.4, -0.2) is 99.1 Å².